The van der Waals surface area contributed by atoms with Crippen molar-refractivity contribution in [2.24, 2.45) is 4.99 Å². The Morgan fingerprint density at radius 2 is 1.90 bits per heavy atom. The van der Waals surface area contributed by atoms with E-state index in [0.29, 0.717) is 6.54 Å². The molecule has 0 unspecified atom stereocenters. The van der Waals surface area contributed by atoms with Gasteiger partial charge in [-0.1, -0.05) is 30.3 Å². The fourth-order valence-electron chi connectivity index (χ4n) is 1.98. The number of hydrogen-bond donors (Lipinski definition) is 2. The zero-order valence-electron chi connectivity index (χ0n) is 12.7. The monoisotopic (exact) mass is 283 g/mol. The zero-order chi connectivity index (χ0) is 15.1. The minimum Gasteiger partial charge on any atom is -0.457 e. The van der Waals surface area contributed by atoms with Crippen molar-refractivity contribution in [2.75, 3.05) is 14.1 Å². The van der Waals surface area contributed by atoms with Crippen molar-refractivity contribution >= 4 is 5.96 Å². The summed E-state index contributed by atoms with van der Waals surface area (Å²) in [7, 11) is 3.58. The first-order valence-electron chi connectivity index (χ1n) is 6.93. The lowest BCUT2D eigenvalue weighted by Crippen LogP contribution is -2.34. The number of rotatable bonds is 4. The van der Waals surface area contributed by atoms with E-state index in [-0.39, 0.29) is 0 Å². The van der Waals surface area contributed by atoms with E-state index < -0.39 is 0 Å². The number of aryl methyl sites for hydroxylation is 1. The molecule has 2 rings (SSSR count). The molecule has 0 amide bonds. The molecule has 2 aromatic rings. The maximum Gasteiger partial charge on any atom is 0.190 e. The van der Waals surface area contributed by atoms with E-state index in [9.17, 15) is 0 Å². The van der Waals surface area contributed by atoms with Crippen LogP contribution in [0, 0.1) is 6.92 Å². The van der Waals surface area contributed by atoms with Gasteiger partial charge in [-0.2, -0.15) is 0 Å². The molecule has 0 fully saturated rings. The van der Waals surface area contributed by atoms with E-state index in [0.717, 1.165) is 23.0 Å². The Hall–Kier alpha value is -2.49. The first-order valence-corrected chi connectivity index (χ1v) is 6.93. The van der Waals surface area contributed by atoms with E-state index in [1.54, 1.807) is 7.05 Å². The highest BCUT2D eigenvalue weighted by molar-refractivity contribution is 5.79. The SMILES string of the molecule is CN=C(NC)NCc1ccc(C)cc1Oc1ccccc1. The van der Waals surface area contributed by atoms with Gasteiger partial charge in [0.2, 0.25) is 0 Å². The van der Waals surface area contributed by atoms with Crippen LogP contribution in [-0.4, -0.2) is 20.1 Å². The maximum atomic E-state index is 5.99. The molecule has 0 aliphatic heterocycles. The molecule has 4 heteroatoms. The molecule has 4 nitrogen and oxygen atoms in total. The van der Waals surface area contributed by atoms with Crippen LogP contribution in [0.5, 0.6) is 11.5 Å². The summed E-state index contributed by atoms with van der Waals surface area (Å²) in [5, 5.41) is 6.24. The molecule has 2 aromatic carbocycles. The Kier molecular flexibility index (Phi) is 5.21. The number of guanidine groups is 1. The topological polar surface area (TPSA) is 45.7 Å². The van der Waals surface area contributed by atoms with Crippen molar-refractivity contribution in [3.05, 3.63) is 59.7 Å². The third kappa shape index (κ3) is 4.24. The van der Waals surface area contributed by atoms with Gasteiger partial charge in [0, 0.05) is 26.2 Å². The molecule has 0 heterocycles. The molecule has 0 bridgehead atoms. The van der Waals surface area contributed by atoms with Crippen LogP contribution in [0.3, 0.4) is 0 Å². The van der Waals surface area contributed by atoms with Crippen molar-refractivity contribution in [3.63, 3.8) is 0 Å². The maximum absolute atomic E-state index is 5.99. The van der Waals surface area contributed by atoms with E-state index >= 15 is 0 Å². The van der Waals surface area contributed by atoms with Crippen LogP contribution in [0.2, 0.25) is 0 Å². The Morgan fingerprint density at radius 3 is 2.57 bits per heavy atom. The Morgan fingerprint density at radius 1 is 1.14 bits per heavy atom. The molecule has 0 aliphatic carbocycles. The van der Waals surface area contributed by atoms with Crippen molar-refractivity contribution < 1.29 is 4.74 Å². The van der Waals surface area contributed by atoms with Gasteiger partial charge in [0.25, 0.3) is 0 Å². The summed E-state index contributed by atoms with van der Waals surface area (Å²) in [5.74, 6) is 2.45. The fourth-order valence-corrected chi connectivity index (χ4v) is 1.98. The summed E-state index contributed by atoms with van der Waals surface area (Å²) in [6.07, 6.45) is 0. The Balaban J connectivity index is 2.17. The first-order chi connectivity index (χ1) is 10.2. The van der Waals surface area contributed by atoms with Crippen LogP contribution in [0.1, 0.15) is 11.1 Å². The van der Waals surface area contributed by atoms with Crippen LogP contribution in [-0.2, 0) is 6.54 Å². The van der Waals surface area contributed by atoms with Crippen molar-refractivity contribution in [2.45, 2.75) is 13.5 Å². The molecule has 0 saturated heterocycles. The summed E-state index contributed by atoms with van der Waals surface area (Å²) in [6.45, 7) is 2.71. The molecule has 21 heavy (non-hydrogen) atoms. The molecule has 0 aliphatic rings. The van der Waals surface area contributed by atoms with Gasteiger partial charge in [-0.25, -0.2) is 0 Å². The van der Waals surface area contributed by atoms with Crippen LogP contribution < -0.4 is 15.4 Å². The largest absolute Gasteiger partial charge is 0.457 e. The Labute approximate surface area is 125 Å². The number of para-hydroxylation sites is 1. The van der Waals surface area contributed by atoms with Gasteiger partial charge in [-0.15, -0.1) is 0 Å². The molecule has 0 saturated carbocycles. The number of nitrogens with one attached hydrogen (secondary N) is 2. The summed E-state index contributed by atoms with van der Waals surface area (Å²) >= 11 is 0. The smallest absolute Gasteiger partial charge is 0.190 e. The van der Waals surface area contributed by atoms with E-state index in [1.807, 2.05) is 43.4 Å². The number of hydrogen-bond acceptors (Lipinski definition) is 2. The summed E-state index contributed by atoms with van der Waals surface area (Å²) in [6, 6.07) is 16.0. The average Bonchev–Trinajstić information content (AvgIpc) is 2.51. The lowest BCUT2D eigenvalue weighted by molar-refractivity contribution is 0.475. The lowest BCUT2D eigenvalue weighted by atomic mass is 10.1. The van der Waals surface area contributed by atoms with Crippen LogP contribution in [0.15, 0.2) is 53.5 Å². The van der Waals surface area contributed by atoms with Crippen molar-refractivity contribution in [1.29, 1.82) is 0 Å². The van der Waals surface area contributed by atoms with Crippen LogP contribution in [0.4, 0.5) is 0 Å². The highest BCUT2D eigenvalue weighted by Gasteiger charge is 2.06. The third-order valence-electron chi connectivity index (χ3n) is 3.10. The number of aliphatic imine (C=N–C) groups is 1. The minimum absolute atomic E-state index is 0.649. The second-order valence-corrected chi connectivity index (χ2v) is 4.70. The van der Waals surface area contributed by atoms with E-state index in [4.69, 9.17) is 4.74 Å². The van der Waals surface area contributed by atoms with E-state index in [2.05, 4.69) is 34.7 Å². The summed E-state index contributed by atoms with van der Waals surface area (Å²) in [5.41, 5.74) is 2.25. The second kappa shape index (κ2) is 7.33. The molecule has 0 aromatic heterocycles. The molecule has 0 radical (unpaired) electrons. The van der Waals surface area contributed by atoms with E-state index in [1.165, 1.54) is 5.56 Å². The van der Waals surface area contributed by atoms with Crippen molar-refractivity contribution in [3.8, 4) is 11.5 Å². The van der Waals surface area contributed by atoms with Gasteiger partial charge in [-0.3, -0.25) is 4.99 Å². The number of nitrogens with zero attached hydrogens (tertiary/aromatic N) is 1. The molecule has 0 atom stereocenters. The second-order valence-electron chi connectivity index (χ2n) is 4.70. The lowest BCUT2D eigenvalue weighted by Gasteiger charge is -2.14. The summed E-state index contributed by atoms with van der Waals surface area (Å²) in [4.78, 5) is 4.11. The van der Waals surface area contributed by atoms with Gasteiger partial charge < -0.3 is 15.4 Å². The average molecular weight is 283 g/mol. The highest BCUT2D eigenvalue weighted by Crippen LogP contribution is 2.26. The van der Waals surface area contributed by atoms with Gasteiger partial charge >= 0.3 is 0 Å². The predicted molar refractivity (Wildman–Crippen MR) is 87.0 cm³/mol. The number of benzene rings is 2. The normalized spacial score (nSPS) is 11.1. The minimum atomic E-state index is 0.649. The molecule has 2 N–H and O–H groups in total. The van der Waals surface area contributed by atoms with Gasteiger partial charge in [-0.05, 0) is 30.7 Å². The fraction of sp³-hybridized carbons (Fsp3) is 0.235. The molecular formula is C17H21N3O. The zero-order valence-corrected chi connectivity index (χ0v) is 12.7. The Bertz CT molecular complexity index is 609. The van der Waals surface area contributed by atoms with Crippen LogP contribution in [0.25, 0.3) is 0 Å². The summed E-state index contributed by atoms with van der Waals surface area (Å²) < 4.78 is 5.99. The van der Waals surface area contributed by atoms with Gasteiger partial charge in [0.05, 0.1) is 0 Å². The van der Waals surface area contributed by atoms with Gasteiger partial charge in [0.15, 0.2) is 5.96 Å². The highest BCUT2D eigenvalue weighted by atomic mass is 16.5. The molecular weight excluding hydrogens is 262 g/mol. The standard InChI is InChI=1S/C17H21N3O/c1-13-9-10-14(12-20-17(18-2)19-3)16(11-13)21-15-7-5-4-6-8-15/h4-11H,12H2,1-3H3,(H2,18,19,20). The molecule has 0 spiro atoms. The number of ether oxygens (including phenoxy) is 1. The molecule has 110 valence electrons. The van der Waals surface area contributed by atoms with Gasteiger partial charge in [0.1, 0.15) is 11.5 Å². The third-order valence-corrected chi connectivity index (χ3v) is 3.10. The quantitative estimate of drug-likeness (QED) is 0.669. The van der Waals surface area contributed by atoms with Crippen molar-refractivity contribution in [1.82, 2.24) is 10.6 Å². The van der Waals surface area contributed by atoms with Crippen LogP contribution >= 0.6 is 0 Å². The first kappa shape index (κ1) is 14.9. The predicted octanol–water partition coefficient (Wildman–Crippen LogP) is 3.08.